The van der Waals surface area contributed by atoms with Crippen LogP contribution >= 0.6 is 45.2 Å². The standard InChI is InChI=1S/C34H28I2N2O6/c35-19-3-7-21(8-4-19)37-31(40)25-14-13-24-26(29(25)33(37)42)17-27-30(28(24)18-1-11-23(12-2-18)44-16-15-39)34(43)38(32(27)41)22-9-5-20(36)6-10-22/h1-13,25-30,39H,14-17H2/t25-,26+,27+,28-,29-,30+/m0/s1. The number of rotatable bonds is 6. The quantitative estimate of drug-likeness (QED) is 0.206. The van der Waals surface area contributed by atoms with E-state index in [9.17, 15) is 19.2 Å². The molecule has 3 fully saturated rings. The number of aliphatic hydroxyl groups excluding tert-OH is 1. The molecule has 0 unspecified atom stereocenters. The summed E-state index contributed by atoms with van der Waals surface area (Å²) in [4.78, 5) is 58.7. The topological polar surface area (TPSA) is 104 Å². The first kappa shape index (κ1) is 29.6. The summed E-state index contributed by atoms with van der Waals surface area (Å²) < 4.78 is 7.57. The molecule has 0 bridgehead atoms. The number of carbonyl (C=O) groups is 4. The summed E-state index contributed by atoms with van der Waals surface area (Å²) in [5.41, 5.74) is 2.89. The molecule has 0 radical (unpaired) electrons. The monoisotopic (exact) mass is 814 g/mol. The van der Waals surface area contributed by atoms with Crippen LogP contribution in [0.15, 0.2) is 84.4 Å². The van der Waals surface area contributed by atoms with E-state index in [-0.39, 0.29) is 42.8 Å². The number of carbonyl (C=O) groups excluding carboxylic acids is 4. The molecular weight excluding hydrogens is 786 g/mol. The summed E-state index contributed by atoms with van der Waals surface area (Å²) in [6.45, 7) is 0.0527. The normalized spacial score (nSPS) is 27.7. The average Bonchev–Trinajstić information content (AvgIpc) is 3.44. The molecule has 8 nitrogen and oxygen atoms in total. The third-order valence-electron chi connectivity index (χ3n) is 9.42. The van der Waals surface area contributed by atoms with Crippen molar-refractivity contribution < 1.29 is 29.0 Å². The molecule has 10 heteroatoms. The van der Waals surface area contributed by atoms with Crippen molar-refractivity contribution in [3.8, 4) is 5.75 Å². The predicted octanol–water partition coefficient (Wildman–Crippen LogP) is 5.31. The Morgan fingerprint density at radius 2 is 1.23 bits per heavy atom. The molecule has 3 aromatic carbocycles. The number of hydrogen-bond acceptors (Lipinski definition) is 6. The molecule has 2 heterocycles. The zero-order valence-corrected chi connectivity index (χ0v) is 27.8. The SMILES string of the molecule is O=C1[C@H]2[C@H](CC=C3[C@H]2C[C@H]2C(=O)N(c4ccc(I)cc4)C(=O)[C@H]2[C@H]3c2ccc(OCCO)cc2)C(=O)N1c1ccc(I)cc1. The van der Waals surface area contributed by atoms with E-state index >= 15 is 0 Å². The van der Waals surface area contributed by atoms with Crippen molar-refractivity contribution in [2.24, 2.45) is 29.6 Å². The number of amides is 4. The van der Waals surface area contributed by atoms with Crippen LogP contribution in [-0.4, -0.2) is 41.9 Å². The largest absolute Gasteiger partial charge is 0.491 e. The molecule has 2 saturated heterocycles. The lowest BCUT2D eigenvalue weighted by molar-refractivity contribution is -0.126. The van der Waals surface area contributed by atoms with Crippen LogP contribution in [0.5, 0.6) is 5.75 Å². The number of hydrogen-bond donors (Lipinski definition) is 1. The van der Waals surface area contributed by atoms with Gasteiger partial charge in [-0.15, -0.1) is 0 Å². The lowest BCUT2D eigenvalue weighted by atomic mass is 9.57. The molecule has 2 aliphatic heterocycles. The van der Waals surface area contributed by atoms with E-state index in [4.69, 9.17) is 9.84 Å². The summed E-state index contributed by atoms with van der Waals surface area (Å²) in [7, 11) is 0. The number of anilines is 2. The molecule has 1 saturated carbocycles. The number of ether oxygens (including phenoxy) is 1. The Hall–Kier alpha value is -3.10. The smallest absolute Gasteiger partial charge is 0.238 e. The molecule has 0 aromatic heterocycles. The highest BCUT2D eigenvalue weighted by molar-refractivity contribution is 14.1. The van der Waals surface area contributed by atoms with Gasteiger partial charge in [0, 0.05) is 13.1 Å². The molecule has 224 valence electrons. The van der Waals surface area contributed by atoms with E-state index in [2.05, 4.69) is 51.3 Å². The Kier molecular flexibility index (Phi) is 7.86. The van der Waals surface area contributed by atoms with Crippen LogP contribution in [0.25, 0.3) is 0 Å². The summed E-state index contributed by atoms with van der Waals surface area (Å²) in [6, 6.07) is 22.1. The average molecular weight is 814 g/mol. The predicted molar refractivity (Wildman–Crippen MR) is 180 cm³/mol. The van der Waals surface area contributed by atoms with Crippen LogP contribution in [0.3, 0.4) is 0 Å². The van der Waals surface area contributed by atoms with E-state index in [1.54, 1.807) is 36.4 Å². The minimum atomic E-state index is -0.635. The Labute approximate surface area is 281 Å². The molecule has 44 heavy (non-hydrogen) atoms. The van der Waals surface area contributed by atoms with Gasteiger partial charge in [-0.05, 0) is 130 Å². The second kappa shape index (κ2) is 11.7. The maximum absolute atomic E-state index is 14.2. The Bertz CT molecular complexity index is 1690. The van der Waals surface area contributed by atoms with Gasteiger partial charge in [-0.3, -0.25) is 29.0 Å². The van der Waals surface area contributed by atoms with E-state index in [0.717, 1.165) is 18.3 Å². The van der Waals surface area contributed by atoms with Crippen LogP contribution in [0.4, 0.5) is 11.4 Å². The van der Waals surface area contributed by atoms with Crippen molar-refractivity contribution in [2.75, 3.05) is 23.0 Å². The molecule has 3 aromatic rings. The molecule has 7 rings (SSSR count). The van der Waals surface area contributed by atoms with Gasteiger partial charge < -0.3 is 9.84 Å². The lowest BCUT2D eigenvalue weighted by Gasteiger charge is -2.44. The van der Waals surface area contributed by atoms with Gasteiger partial charge in [-0.25, -0.2) is 0 Å². The summed E-state index contributed by atoms with van der Waals surface area (Å²) in [5.74, 6) is -3.56. The summed E-state index contributed by atoms with van der Waals surface area (Å²) in [6.07, 6.45) is 2.78. The number of fused-ring (bicyclic) bond motifs is 4. The number of benzene rings is 3. The van der Waals surface area contributed by atoms with Crippen molar-refractivity contribution in [3.05, 3.63) is 97.1 Å². The Morgan fingerprint density at radius 1 is 0.682 bits per heavy atom. The third-order valence-corrected chi connectivity index (χ3v) is 10.9. The molecule has 4 aliphatic rings. The molecule has 1 N–H and O–H groups in total. The van der Waals surface area contributed by atoms with Crippen molar-refractivity contribution in [2.45, 2.75) is 18.8 Å². The van der Waals surface area contributed by atoms with E-state index < -0.39 is 29.6 Å². The van der Waals surface area contributed by atoms with Gasteiger partial charge in [0.05, 0.1) is 41.7 Å². The number of halogens is 2. The van der Waals surface area contributed by atoms with E-state index in [0.29, 0.717) is 30.0 Å². The molecule has 2 aliphatic carbocycles. The number of nitrogens with zero attached hydrogens (tertiary/aromatic N) is 2. The fourth-order valence-electron chi connectivity index (χ4n) is 7.59. The highest BCUT2D eigenvalue weighted by Gasteiger charge is 2.62. The van der Waals surface area contributed by atoms with Crippen molar-refractivity contribution in [1.82, 2.24) is 0 Å². The number of aliphatic hydroxyl groups is 1. The fourth-order valence-corrected chi connectivity index (χ4v) is 8.31. The first-order valence-electron chi connectivity index (χ1n) is 14.6. The Morgan fingerprint density at radius 3 is 1.80 bits per heavy atom. The molecular formula is C34H28I2N2O6. The lowest BCUT2D eigenvalue weighted by Crippen LogP contribution is -2.43. The van der Waals surface area contributed by atoms with Crippen molar-refractivity contribution in [3.63, 3.8) is 0 Å². The third kappa shape index (κ3) is 4.80. The minimum absolute atomic E-state index is 0.109. The van der Waals surface area contributed by atoms with Gasteiger partial charge in [0.15, 0.2) is 0 Å². The van der Waals surface area contributed by atoms with Crippen LogP contribution < -0.4 is 14.5 Å². The van der Waals surface area contributed by atoms with Crippen LogP contribution in [0.1, 0.15) is 24.3 Å². The highest BCUT2D eigenvalue weighted by Crippen LogP contribution is 2.58. The second-order valence-corrected chi connectivity index (χ2v) is 14.1. The number of imide groups is 2. The van der Waals surface area contributed by atoms with Gasteiger partial charge in [0.1, 0.15) is 12.4 Å². The van der Waals surface area contributed by atoms with Crippen LogP contribution in [0, 0.1) is 36.7 Å². The maximum Gasteiger partial charge on any atom is 0.238 e. The first-order valence-corrected chi connectivity index (χ1v) is 16.7. The Balaban J connectivity index is 1.30. The van der Waals surface area contributed by atoms with Gasteiger partial charge in [-0.1, -0.05) is 23.8 Å². The van der Waals surface area contributed by atoms with Crippen LogP contribution in [0.2, 0.25) is 0 Å². The fraction of sp³-hybridized carbons (Fsp3) is 0.294. The summed E-state index contributed by atoms with van der Waals surface area (Å²) in [5, 5.41) is 9.16. The highest BCUT2D eigenvalue weighted by atomic mass is 127. The first-order chi connectivity index (χ1) is 21.3. The van der Waals surface area contributed by atoms with Crippen LogP contribution in [-0.2, 0) is 19.2 Å². The number of allylic oxidation sites excluding steroid dienone is 2. The summed E-state index contributed by atoms with van der Waals surface area (Å²) >= 11 is 4.38. The van der Waals surface area contributed by atoms with E-state index in [1.165, 1.54) is 9.80 Å². The zero-order chi connectivity index (χ0) is 30.7. The molecule has 4 amide bonds. The van der Waals surface area contributed by atoms with Gasteiger partial charge in [-0.2, -0.15) is 0 Å². The molecule has 0 spiro atoms. The maximum atomic E-state index is 14.2. The van der Waals surface area contributed by atoms with Crippen molar-refractivity contribution in [1.29, 1.82) is 0 Å². The van der Waals surface area contributed by atoms with Gasteiger partial charge in [0.2, 0.25) is 23.6 Å². The van der Waals surface area contributed by atoms with Crippen molar-refractivity contribution >= 4 is 80.2 Å². The minimum Gasteiger partial charge on any atom is -0.491 e. The van der Waals surface area contributed by atoms with E-state index in [1.807, 2.05) is 36.4 Å². The van der Waals surface area contributed by atoms with Gasteiger partial charge in [0.25, 0.3) is 0 Å². The zero-order valence-electron chi connectivity index (χ0n) is 23.4. The molecule has 6 atom stereocenters. The van der Waals surface area contributed by atoms with Gasteiger partial charge >= 0.3 is 0 Å². The second-order valence-electron chi connectivity index (χ2n) is 11.6.